The van der Waals surface area contributed by atoms with Crippen LogP contribution in [0.2, 0.25) is 5.02 Å². The normalized spacial score (nSPS) is 21.1. The summed E-state index contributed by atoms with van der Waals surface area (Å²) in [6.45, 7) is 0. The van der Waals surface area contributed by atoms with Crippen molar-refractivity contribution < 1.29 is 22.4 Å². The number of hydrogen-bond donors (Lipinski definition) is 1. The molecule has 0 aromatic heterocycles. The number of carbonyl (C=O) groups excluding carboxylic acids is 1. The maximum atomic E-state index is 13.5. The molecule has 2 amide bonds. The molecule has 0 radical (unpaired) electrons. The molecule has 1 N–H and O–H groups in total. The van der Waals surface area contributed by atoms with Gasteiger partial charge >= 0.3 is 12.2 Å². The molecule has 3 nitrogen and oxygen atoms in total. The summed E-state index contributed by atoms with van der Waals surface area (Å²) in [5.41, 5.74) is 1.08. The van der Waals surface area contributed by atoms with E-state index >= 15 is 0 Å². The van der Waals surface area contributed by atoms with Crippen molar-refractivity contribution in [3.05, 3.63) is 63.9 Å². The van der Waals surface area contributed by atoms with E-state index in [0.29, 0.717) is 6.42 Å². The second-order valence-electron chi connectivity index (χ2n) is 6.82. The molecule has 1 fully saturated rings. The smallest absolute Gasteiger partial charge is 0.314 e. The Balaban J connectivity index is 1.56. The van der Waals surface area contributed by atoms with Gasteiger partial charge < -0.3 is 10.2 Å². The number of amides is 2. The number of nitrogens with zero attached hydrogens (tertiary/aromatic N) is 1. The lowest BCUT2D eigenvalue weighted by atomic mass is 9.93. The molecule has 8 heteroatoms. The third kappa shape index (κ3) is 3.25. The quantitative estimate of drug-likeness (QED) is 0.606. The first-order valence-corrected chi connectivity index (χ1v) is 8.86. The van der Waals surface area contributed by atoms with Crippen LogP contribution in [0.25, 0.3) is 0 Å². The first-order valence-electron chi connectivity index (χ1n) is 8.48. The SMILES string of the molecule is O=C(Nc1ccc(C(F)(F)F)c(Cl)c1)N1[C@@H]2CC[C@H]1c1ccc(F)cc1C2. The maximum absolute atomic E-state index is 13.5. The van der Waals surface area contributed by atoms with E-state index in [9.17, 15) is 22.4 Å². The highest BCUT2D eigenvalue weighted by molar-refractivity contribution is 6.31. The van der Waals surface area contributed by atoms with E-state index in [-0.39, 0.29) is 23.6 Å². The van der Waals surface area contributed by atoms with Crippen molar-refractivity contribution in [2.45, 2.75) is 37.5 Å². The maximum Gasteiger partial charge on any atom is 0.417 e. The van der Waals surface area contributed by atoms with E-state index in [0.717, 1.165) is 36.1 Å². The van der Waals surface area contributed by atoms with Gasteiger partial charge in [0.2, 0.25) is 0 Å². The van der Waals surface area contributed by atoms with Crippen molar-refractivity contribution in [2.75, 3.05) is 5.32 Å². The number of carbonyl (C=O) groups is 1. The van der Waals surface area contributed by atoms with Crippen LogP contribution in [0.3, 0.4) is 0 Å². The van der Waals surface area contributed by atoms with Crippen molar-refractivity contribution in [1.29, 1.82) is 0 Å². The van der Waals surface area contributed by atoms with Crippen molar-refractivity contribution >= 4 is 23.3 Å². The molecule has 2 aromatic rings. The van der Waals surface area contributed by atoms with E-state index < -0.39 is 22.8 Å². The Morgan fingerprint density at radius 3 is 2.63 bits per heavy atom. The zero-order valence-corrected chi connectivity index (χ0v) is 14.7. The molecule has 0 spiro atoms. The van der Waals surface area contributed by atoms with Crippen molar-refractivity contribution in [1.82, 2.24) is 4.90 Å². The van der Waals surface area contributed by atoms with Gasteiger partial charge in [0.1, 0.15) is 5.82 Å². The van der Waals surface area contributed by atoms with Gasteiger partial charge in [-0.1, -0.05) is 17.7 Å². The van der Waals surface area contributed by atoms with Crippen LogP contribution in [0.1, 0.15) is 35.6 Å². The number of fused-ring (bicyclic) bond motifs is 4. The van der Waals surface area contributed by atoms with Gasteiger partial charge in [0.25, 0.3) is 0 Å². The Hall–Kier alpha value is -2.28. The number of halogens is 5. The van der Waals surface area contributed by atoms with Gasteiger partial charge in [0.15, 0.2) is 0 Å². The summed E-state index contributed by atoms with van der Waals surface area (Å²) in [6.07, 6.45) is -2.43. The van der Waals surface area contributed by atoms with Crippen LogP contribution in [0.15, 0.2) is 36.4 Å². The van der Waals surface area contributed by atoms with Crippen LogP contribution in [-0.4, -0.2) is 17.0 Å². The molecule has 0 unspecified atom stereocenters. The van der Waals surface area contributed by atoms with Crippen molar-refractivity contribution in [2.24, 2.45) is 0 Å². The summed E-state index contributed by atoms with van der Waals surface area (Å²) in [6, 6.07) is 7.09. The van der Waals surface area contributed by atoms with Crippen LogP contribution < -0.4 is 5.32 Å². The molecule has 2 bridgehead atoms. The van der Waals surface area contributed by atoms with Gasteiger partial charge in [-0.05, 0) is 60.7 Å². The van der Waals surface area contributed by atoms with Crippen LogP contribution in [0.5, 0.6) is 0 Å². The molecular weight excluding hydrogens is 384 g/mol. The summed E-state index contributed by atoms with van der Waals surface area (Å²) in [7, 11) is 0. The molecule has 2 aliphatic heterocycles. The average Bonchev–Trinajstić information content (AvgIpc) is 2.89. The van der Waals surface area contributed by atoms with Crippen LogP contribution >= 0.6 is 11.6 Å². The predicted molar refractivity (Wildman–Crippen MR) is 93.2 cm³/mol. The molecule has 27 heavy (non-hydrogen) atoms. The minimum Gasteiger partial charge on any atom is -0.314 e. The summed E-state index contributed by atoms with van der Waals surface area (Å²) < 4.78 is 51.9. The Morgan fingerprint density at radius 1 is 1.15 bits per heavy atom. The molecule has 1 saturated heterocycles. The zero-order valence-electron chi connectivity index (χ0n) is 14.0. The van der Waals surface area contributed by atoms with Gasteiger partial charge in [-0.15, -0.1) is 0 Å². The lowest BCUT2D eigenvalue weighted by Gasteiger charge is -2.36. The van der Waals surface area contributed by atoms with Gasteiger partial charge in [0.05, 0.1) is 16.6 Å². The molecule has 0 aliphatic carbocycles. The molecule has 2 heterocycles. The number of urea groups is 1. The number of hydrogen-bond acceptors (Lipinski definition) is 1. The second kappa shape index (κ2) is 6.41. The fourth-order valence-electron chi connectivity index (χ4n) is 4.04. The fraction of sp³-hybridized carbons (Fsp3) is 0.316. The number of anilines is 1. The predicted octanol–water partition coefficient (Wildman–Crippen LogP) is 5.79. The average molecular weight is 399 g/mol. The lowest BCUT2D eigenvalue weighted by Crippen LogP contribution is -2.44. The first kappa shape index (κ1) is 18.1. The lowest BCUT2D eigenvalue weighted by molar-refractivity contribution is -0.137. The van der Waals surface area contributed by atoms with Gasteiger partial charge in [0, 0.05) is 11.7 Å². The van der Waals surface area contributed by atoms with Crippen LogP contribution in [0, 0.1) is 5.82 Å². The third-order valence-electron chi connectivity index (χ3n) is 5.18. The molecule has 142 valence electrons. The molecule has 0 saturated carbocycles. The summed E-state index contributed by atoms with van der Waals surface area (Å²) in [5.74, 6) is -0.301. The summed E-state index contributed by atoms with van der Waals surface area (Å²) >= 11 is 5.71. The third-order valence-corrected chi connectivity index (χ3v) is 5.50. The van der Waals surface area contributed by atoms with Gasteiger partial charge in [-0.3, -0.25) is 0 Å². The standard InChI is InChI=1S/C19H15ClF4N2O/c20-16-9-12(2-5-15(16)19(22,23)24)25-18(27)26-13-3-6-17(26)14-4-1-11(21)7-10(14)8-13/h1-2,4-5,7,9,13,17H,3,6,8H2,(H,25,27)/t13-,17+/m1/s1. The first-order chi connectivity index (χ1) is 12.7. The van der Waals surface area contributed by atoms with E-state index in [2.05, 4.69) is 5.32 Å². The van der Waals surface area contributed by atoms with E-state index in [1.165, 1.54) is 18.2 Å². The van der Waals surface area contributed by atoms with Crippen molar-refractivity contribution in [3.63, 3.8) is 0 Å². The van der Waals surface area contributed by atoms with E-state index in [1.807, 2.05) is 0 Å². The van der Waals surface area contributed by atoms with E-state index in [1.54, 1.807) is 11.0 Å². The monoisotopic (exact) mass is 398 g/mol. The van der Waals surface area contributed by atoms with Crippen LogP contribution in [0.4, 0.5) is 28.0 Å². The Morgan fingerprint density at radius 2 is 1.93 bits per heavy atom. The highest BCUT2D eigenvalue weighted by Crippen LogP contribution is 2.44. The molecule has 2 aliphatic rings. The summed E-state index contributed by atoms with van der Waals surface area (Å²) in [4.78, 5) is 14.5. The topological polar surface area (TPSA) is 32.3 Å². The highest BCUT2D eigenvalue weighted by Gasteiger charge is 2.42. The molecule has 2 atom stereocenters. The minimum absolute atomic E-state index is 0.0609. The Bertz CT molecular complexity index is 915. The largest absolute Gasteiger partial charge is 0.417 e. The number of nitrogens with one attached hydrogen (secondary N) is 1. The van der Waals surface area contributed by atoms with Gasteiger partial charge in [-0.25, -0.2) is 9.18 Å². The van der Waals surface area contributed by atoms with E-state index in [4.69, 9.17) is 11.6 Å². The number of benzene rings is 2. The molecular formula is C19H15ClF4N2O. The molecule has 4 rings (SSSR count). The Kier molecular flexibility index (Phi) is 4.29. The highest BCUT2D eigenvalue weighted by atomic mass is 35.5. The fourth-order valence-corrected chi connectivity index (χ4v) is 4.32. The zero-order chi connectivity index (χ0) is 19.3. The number of rotatable bonds is 1. The minimum atomic E-state index is -4.55. The number of alkyl halides is 3. The van der Waals surface area contributed by atoms with Gasteiger partial charge in [-0.2, -0.15) is 13.2 Å². The summed E-state index contributed by atoms with van der Waals surface area (Å²) in [5, 5.41) is 2.17. The van der Waals surface area contributed by atoms with Crippen LogP contribution in [-0.2, 0) is 12.6 Å². The second-order valence-corrected chi connectivity index (χ2v) is 7.23. The van der Waals surface area contributed by atoms with Crippen molar-refractivity contribution in [3.8, 4) is 0 Å². The molecule has 2 aromatic carbocycles. The Labute approximate surface area is 157 Å².